The average molecular weight is 462 g/mol. The number of benzene rings is 1. The van der Waals surface area contributed by atoms with Crippen molar-refractivity contribution in [1.29, 1.82) is 0 Å². The van der Waals surface area contributed by atoms with Crippen LogP contribution in [0, 0.1) is 3.57 Å². The molecule has 25 heavy (non-hydrogen) atoms. The molecule has 7 heteroatoms. The molecule has 0 saturated carbocycles. The maximum atomic E-state index is 5.89. The number of H-pyrrole nitrogens is 1. The molecule has 4 rings (SSSR count). The minimum Gasteiger partial charge on any atom is -0.346 e. The first-order valence-corrected chi connectivity index (χ1v) is 9.08. The van der Waals surface area contributed by atoms with Gasteiger partial charge < -0.3 is 10.3 Å². The number of rotatable bonds is 4. The molecule has 0 bridgehead atoms. The van der Waals surface area contributed by atoms with E-state index in [1.54, 1.807) is 0 Å². The van der Waals surface area contributed by atoms with E-state index in [-0.39, 0.29) is 0 Å². The van der Waals surface area contributed by atoms with Gasteiger partial charge in [-0.05, 0) is 64.0 Å². The van der Waals surface area contributed by atoms with Crippen LogP contribution in [0.1, 0.15) is 11.1 Å². The van der Waals surface area contributed by atoms with Crippen LogP contribution in [0.5, 0.6) is 0 Å². The van der Waals surface area contributed by atoms with Gasteiger partial charge in [0.25, 0.3) is 0 Å². The van der Waals surface area contributed by atoms with Crippen molar-refractivity contribution >= 4 is 56.9 Å². The Balaban J connectivity index is 1.51. The van der Waals surface area contributed by atoms with Crippen LogP contribution in [0.25, 0.3) is 11.0 Å². The monoisotopic (exact) mass is 461 g/mol. The number of nitrogens with one attached hydrogen (secondary N) is 2. The number of hydrogen-bond acceptors (Lipinski definition) is 4. The van der Waals surface area contributed by atoms with Gasteiger partial charge in [-0.15, -0.1) is 0 Å². The second kappa shape index (κ2) is 6.97. The first-order chi connectivity index (χ1) is 12.2. The van der Waals surface area contributed by atoms with E-state index in [0.29, 0.717) is 11.0 Å². The minimum atomic E-state index is 0.557. The average Bonchev–Trinajstić information content (AvgIpc) is 3.01. The molecule has 0 unspecified atom stereocenters. The molecule has 0 radical (unpaired) electrons. The van der Waals surface area contributed by atoms with Crippen molar-refractivity contribution in [2.75, 3.05) is 5.32 Å². The Morgan fingerprint density at radius 1 is 1.04 bits per heavy atom. The molecule has 0 aliphatic heterocycles. The topological polar surface area (TPSA) is 66.5 Å². The van der Waals surface area contributed by atoms with Gasteiger partial charge in [0.05, 0.1) is 0 Å². The molecule has 2 N–H and O–H groups in total. The standard InChI is InChI=1S/C18H13ClIN5/c19-13-1-3-15(4-2-13)25-18-23-7-11(8-24-18)5-12-9-21-17-16(12)6-14(20)10-22-17/h1-4,6-10H,5H2,(H,21,22)(H,23,24,25). The normalized spacial score (nSPS) is 11.0. The zero-order valence-corrected chi connectivity index (χ0v) is 15.9. The van der Waals surface area contributed by atoms with Crippen LogP contribution in [0.2, 0.25) is 5.02 Å². The van der Waals surface area contributed by atoms with Crippen molar-refractivity contribution in [2.45, 2.75) is 6.42 Å². The van der Waals surface area contributed by atoms with E-state index in [2.05, 4.69) is 53.9 Å². The third-order valence-electron chi connectivity index (χ3n) is 3.78. The zero-order valence-electron chi connectivity index (χ0n) is 13.0. The highest BCUT2D eigenvalue weighted by Gasteiger charge is 2.07. The van der Waals surface area contributed by atoms with E-state index in [9.17, 15) is 0 Å². The van der Waals surface area contributed by atoms with Gasteiger partial charge in [-0.1, -0.05) is 11.6 Å². The predicted molar refractivity (Wildman–Crippen MR) is 108 cm³/mol. The number of halogens is 2. The highest BCUT2D eigenvalue weighted by molar-refractivity contribution is 14.1. The quantitative estimate of drug-likeness (QED) is 0.422. The number of aromatic amines is 1. The van der Waals surface area contributed by atoms with Gasteiger partial charge in [-0.3, -0.25) is 0 Å². The summed E-state index contributed by atoms with van der Waals surface area (Å²) in [5.41, 5.74) is 4.02. The number of anilines is 2. The Bertz CT molecular complexity index is 1010. The van der Waals surface area contributed by atoms with Crippen LogP contribution in [0.4, 0.5) is 11.6 Å². The molecule has 0 fully saturated rings. The summed E-state index contributed by atoms with van der Waals surface area (Å²) in [7, 11) is 0. The summed E-state index contributed by atoms with van der Waals surface area (Å²) >= 11 is 8.16. The van der Waals surface area contributed by atoms with Gasteiger partial charge in [0.2, 0.25) is 5.95 Å². The molecular formula is C18H13ClIN5. The van der Waals surface area contributed by atoms with Crippen LogP contribution in [0.3, 0.4) is 0 Å². The molecule has 0 aliphatic rings. The Morgan fingerprint density at radius 3 is 2.56 bits per heavy atom. The number of pyridine rings is 1. The predicted octanol–water partition coefficient (Wildman–Crippen LogP) is 4.95. The van der Waals surface area contributed by atoms with Crippen LogP contribution in [0.15, 0.2) is 55.1 Å². The van der Waals surface area contributed by atoms with Crippen LogP contribution < -0.4 is 5.32 Å². The maximum absolute atomic E-state index is 5.89. The summed E-state index contributed by atoms with van der Waals surface area (Å²) in [6, 6.07) is 9.56. The molecule has 5 nitrogen and oxygen atoms in total. The molecule has 0 amide bonds. The fourth-order valence-corrected chi connectivity index (χ4v) is 3.15. The van der Waals surface area contributed by atoms with E-state index < -0.39 is 0 Å². The SMILES string of the molecule is Clc1ccc(Nc2ncc(Cc3c[nH]c4ncc(I)cc34)cn2)cc1. The van der Waals surface area contributed by atoms with Crippen molar-refractivity contribution in [2.24, 2.45) is 0 Å². The van der Waals surface area contributed by atoms with Crippen LogP contribution in [-0.2, 0) is 6.42 Å². The van der Waals surface area contributed by atoms with Gasteiger partial charge in [0.1, 0.15) is 5.65 Å². The number of aromatic nitrogens is 4. The summed E-state index contributed by atoms with van der Waals surface area (Å²) in [6.45, 7) is 0. The van der Waals surface area contributed by atoms with Crippen molar-refractivity contribution < 1.29 is 0 Å². The highest BCUT2D eigenvalue weighted by Crippen LogP contribution is 2.22. The lowest BCUT2D eigenvalue weighted by Gasteiger charge is -2.05. The largest absolute Gasteiger partial charge is 0.346 e. The third-order valence-corrected chi connectivity index (χ3v) is 4.63. The lowest BCUT2D eigenvalue weighted by atomic mass is 10.1. The second-order valence-corrected chi connectivity index (χ2v) is 7.27. The molecule has 0 atom stereocenters. The molecule has 1 aromatic carbocycles. The molecule has 0 aliphatic carbocycles. The van der Waals surface area contributed by atoms with E-state index in [0.717, 1.165) is 32.3 Å². The Kier molecular flexibility index (Phi) is 4.54. The van der Waals surface area contributed by atoms with Crippen LogP contribution >= 0.6 is 34.2 Å². The molecule has 0 saturated heterocycles. The summed E-state index contributed by atoms with van der Waals surface area (Å²) in [5, 5.41) is 4.99. The fraction of sp³-hybridized carbons (Fsp3) is 0.0556. The molecular weight excluding hydrogens is 449 g/mol. The Morgan fingerprint density at radius 2 is 1.80 bits per heavy atom. The van der Waals surface area contributed by atoms with E-state index in [1.807, 2.05) is 49.1 Å². The summed E-state index contributed by atoms with van der Waals surface area (Å²) < 4.78 is 1.12. The highest BCUT2D eigenvalue weighted by atomic mass is 127. The van der Waals surface area contributed by atoms with Gasteiger partial charge >= 0.3 is 0 Å². The number of nitrogens with zero attached hydrogens (tertiary/aromatic N) is 3. The first kappa shape index (κ1) is 16.3. The third kappa shape index (κ3) is 3.74. The van der Waals surface area contributed by atoms with Crippen molar-refractivity contribution in [3.05, 3.63) is 74.8 Å². The molecule has 3 aromatic heterocycles. The van der Waals surface area contributed by atoms with Crippen molar-refractivity contribution in [1.82, 2.24) is 19.9 Å². The molecule has 3 heterocycles. The lowest BCUT2D eigenvalue weighted by molar-refractivity contribution is 1.08. The Hall–Kier alpha value is -2.19. The molecule has 124 valence electrons. The van der Waals surface area contributed by atoms with E-state index >= 15 is 0 Å². The summed E-state index contributed by atoms with van der Waals surface area (Å²) in [6.07, 6.45) is 8.27. The lowest BCUT2D eigenvalue weighted by Crippen LogP contribution is -1.98. The van der Waals surface area contributed by atoms with Gasteiger partial charge in [0.15, 0.2) is 0 Å². The van der Waals surface area contributed by atoms with E-state index in [4.69, 9.17) is 11.6 Å². The fourth-order valence-electron chi connectivity index (χ4n) is 2.57. The number of hydrogen-bond donors (Lipinski definition) is 2. The maximum Gasteiger partial charge on any atom is 0.227 e. The van der Waals surface area contributed by atoms with Gasteiger partial charge in [-0.2, -0.15) is 0 Å². The van der Waals surface area contributed by atoms with Gasteiger partial charge in [0, 0.05) is 50.9 Å². The van der Waals surface area contributed by atoms with Crippen LogP contribution in [-0.4, -0.2) is 19.9 Å². The summed E-state index contributed by atoms with van der Waals surface area (Å²) in [5.74, 6) is 0.557. The minimum absolute atomic E-state index is 0.557. The first-order valence-electron chi connectivity index (χ1n) is 7.62. The number of fused-ring (bicyclic) bond motifs is 1. The van der Waals surface area contributed by atoms with Crippen molar-refractivity contribution in [3.63, 3.8) is 0 Å². The smallest absolute Gasteiger partial charge is 0.227 e. The second-order valence-electron chi connectivity index (χ2n) is 5.59. The van der Waals surface area contributed by atoms with E-state index in [1.165, 1.54) is 5.56 Å². The zero-order chi connectivity index (χ0) is 17.2. The van der Waals surface area contributed by atoms with Gasteiger partial charge in [-0.25, -0.2) is 15.0 Å². The Labute approximate surface area is 163 Å². The van der Waals surface area contributed by atoms with Crippen molar-refractivity contribution in [3.8, 4) is 0 Å². The molecule has 0 spiro atoms. The summed E-state index contributed by atoms with van der Waals surface area (Å²) in [4.78, 5) is 16.4. The molecule has 4 aromatic rings.